The van der Waals surface area contributed by atoms with Gasteiger partial charge < -0.3 is 9.47 Å². The van der Waals surface area contributed by atoms with Gasteiger partial charge in [0, 0.05) is 44.7 Å². The first-order chi connectivity index (χ1) is 28.0. The number of anilines is 3. The first-order valence-electron chi connectivity index (χ1n) is 20.2. The largest absolute Gasteiger partial charge is 0.313 e. The second kappa shape index (κ2) is 13.1. The summed E-state index contributed by atoms with van der Waals surface area (Å²) < 4.78 is 2.48. The molecule has 0 bridgehead atoms. The number of allylic oxidation sites excluding steroid dienone is 1. The maximum Gasteiger partial charge on any atom is 0.0546 e. The molecule has 0 radical (unpaired) electrons. The lowest BCUT2D eigenvalue weighted by Gasteiger charge is -2.30. The molecule has 57 heavy (non-hydrogen) atoms. The molecule has 0 saturated heterocycles. The van der Waals surface area contributed by atoms with Gasteiger partial charge in [0.2, 0.25) is 0 Å². The maximum atomic E-state index is 2.49. The monoisotopic (exact) mass is 730 g/mol. The van der Waals surface area contributed by atoms with E-state index in [0.717, 1.165) is 29.9 Å². The van der Waals surface area contributed by atoms with Crippen LogP contribution in [0.5, 0.6) is 0 Å². The molecule has 0 fully saturated rings. The number of hydrogen-bond acceptors (Lipinski definition) is 1. The van der Waals surface area contributed by atoms with Gasteiger partial charge in [0.05, 0.1) is 11.2 Å². The summed E-state index contributed by atoms with van der Waals surface area (Å²) in [4.78, 5) is 2.49. The van der Waals surface area contributed by atoms with Crippen LogP contribution in [0.15, 0.2) is 188 Å². The zero-order valence-corrected chi connectivity index (χ0v) is 32.3. The van der Waals surface area contributed by atoms with Crippen LogP contribution in [-0.4, -0.2) is 4.57 Å². The smallest absolute Gasteiger partial charge is 0.0546 e. The SMILES string of the molecule is CC1(C)c2ccccc2-c2ccc(N(c3ccc(-n4c5c(c6ccccc64)C=CCC5)cc3)c3cc(-c4ccc5ccccc5c4)ccc3-c3ccccc3)cc21. The third-order valence-corrected chi connectivity index (χ3v) is 12.4. The van der Waals surface area contributed by atoms with Crippen molar-refractivity contribution >= 4 is 44.8 Å². The first kappa shape index (κ1) is 33.4. The zero-order valence-electron chi connectivity index (χ0n) is 32.3. The van der Waals surface area contributed by atoms with Gasteiger partial charge in [-0.2, -0.15) is 0 Å². The van der Waals surface area contributed by atoms with Crippen LogP contribution in [0, 0.1) is 0 Å². The molecule has 0 atom stereocenters. The lowest BCUT2D eigenvalue weighted by molar-refractivity contribution is 0.660. The Hall–Kier alpha value is -6.90. The standard InChI is InChI=1S/C55H42N2/c1-55(2)50-21-11-8-18-46(50)47-33-31-44(36-51(47)55)56(42-27-29-43(30-28-42)57-52-22-12-9-19-48(52)49-20-10-13-23-53(49)57)54-35-41(26-32-45(54)38-15-4-3-5-16-38)40-25-24-37-14-6-7-17-39(37)34-40/h3-12,14-22,24-36H,13,23H2,1-2H3. The van der Waals surface area contributed by atoms with E-state index in [0.29, 0.717) is 0 Å². The van der Waals surface area contributed by atoms with E-state index in [-0.39, 0.29) is 5.41 Å². The minimum Gasteiger partial charge on any atom is -0.313 e. The second-order valence-electron chi connectivity index (χ2n) is 16.1. The predicted octanol–water partition coefficient (Wildman–Crippen LogP) is 14.9. The molecule has 11 rings (SSSR count). The molecule has 1 aromatic heterocycles. The highest BCUT2D eigenvalue weighted by atomic mass is 15.1. The summed E-state index contributed by atoms with van der Waals surface area (Å²) in [6.45, 7) is 4.74. The maximum absolute atomic E-state index is 2.49. The van der Waals surface area contributed by atoms with Crippen LogP contribution in [-0.2, 0) is 11.8 Å². The minimum absolute atomic E-state index is 0.129. The molecule has 0 saturated carbocycles. The van der Waals surface area contributed by atoms with E-state index in [1.165, 1.54) is 83.1 Å². The van der Waals surface area contributed by atoms with Gasteiger partial charge in [-0.25, -0.2) is 0 Å². The van der Waals surface area contributed by atoms with Crippen LogP contribution >= 0.6 is 0 Å². The van der Waals surface area contributed by atoms with E-state index >= 15 is 0 Å². The van der Waals surface area contributed by atoms with E-state index in [1.807, 2.05) is 0 Å². The molecule has 0 amide bonds. The number of nitrogens with zero attached hydrogens (tertiary/aromatic N) is 2. The summed E-state index contributed by atoms with van der Waals surface area (Å²) in [5, 5.41) is 3.80. The summed E-state index contributed by atoms with van der Waals surface area (Å²) >= 11 is 0. The van der Waals surface area contributed by atoms with E-state index in [2.05, 4.69) is 217 Å². The summed E-state index contributed by atoms with van der Waals surface area (Å²) in [6.07, 6.45) is 6.72. The number of aromatic nitrogens is 1. The van der Waals surface area contributed by atoms with Gasteiger partial charge in [0.15, 0.2) is 0 Å². The number of para-hydroxylation sites is 1. The number of fused-ring (bicyclic) bond motifs is 7. The lowest BCUT2D eigenvalue weighted by Crippen LogP contribution is -2.17. The lowest BCUT2D eigenvalue weighted by atomic mass is 9.82. The Bertz CT molecular complexity index is 3030. The Labute approximate surface area is 334 Å². The summed E-state index contributed by atoms with van der Waals surface area (Å²) in [6, 6.07) is 67.4. The average Bonchev–Trinajstić information content (AvgIpc) is 3.72. The summed E-state index contributed by atoms with van der Waals surface area (Å²) in [7, 11) is 0. The van der Waals surface area contributed by atoms with Crippen LogP contribution in [0.4, 0.5) is 17.1 Å². The Morgan fingerprint density at radius 2 is 1.19 bits per heavy atom. The van der Waals surface area contributed by atoms with E-state index in [1.54, 1.807) is 0 Å². The molecule has 2 aliphatic rings. The average molecular weight is 731 g/mol. The fourth-order valence-electron chi connectivity index (χ4n) is 9.60. The Kier molecular flexibility index (Phi) is 7.69. The van der Waals surface area contributed by atoms with Crippen molar-refractivity contribution in [1.29, 1.82) is 0 Å². The third-order valence-electron chi connectivity index (χ3n) is 12.4. The van der Waals surface area contributed by atoms with Crippen molar-refractivity contribution < 1.29 is 0 Å². The fraction of sp³-hybridized carbons (Fsp3) is 0.0909. The van der Waals surface area contributed by atoms with Crippen LogP contribution in [0.3, 0.4) is 0 Å². The van der Waals surface area contributed by atoms with Crippen LogP contribution < -0.4 is 4.90 Å². The zero-order chi connectivity index (χ0) is 38.1. The van der Waals surface area contributed by atoms with Crippen molar-refractivity contribution in [3.8, 4) is 39.1 Å². The quantitative estimate of drug-likeness (QED) is 0.165. The van der Waals surface area contributed by atoms with Crippen LogP contribution in [0.2, 0.25) is 0 Å². The molecule has 0 N–H and O–H groups in total. The molecule has 2 nitrogen and oxygen atoms in total. The molecule has 2 heteroatoms. The summed E-state index contributed by atoms with van der Waals surface area (Å²) in [5.41, 5.74) is 18.6. The normalized spacial score (nSPS) is 13.7. The fourth-order valence-corrected chi connectivity index (χ4v) is 9.60. The van der Waals surface area contributed by atoms with E-state index < -0.39 is 0 Å². The van der Waals surface area contributed by atoms with Gasteiger partial charge in [0.25, 0.3) is 0 Å². The molecule has 272 valence electrons. The molecule has 1 heterocycles. The molecular weight excluding hydrogens is 689 g/mol. The van der Waals surface area contributed by atoms with E-state index in [4.69, 9.17) is 0 Å². The van der Waals surface area contributed by atoms with Gasteiger partial charge in [-0.15, -0.1) is 0 Å². The molecule has 0 aliphatic heterocycles. The van der Waals surface area contributed by atoms with Gasteiger partial charge in [-0.1, -0.05) is 153 Å². The van der Waals surface area contributed by atoms with Crippen LogP contribution in [0.1, 0.15) is 42.7 Å². The van der Waals surface area contributed by atoms with Gasteiger partial charge >= 0.3 is 0 Å². The van der Waals surface area contributed by atoms with Gasteiger partial charge in [-0.05, 0) is 117 Å². The first-order valence-corrected chi connectivity index (χ1v) is 20.2. The number of rotatable bonds is 6. The minimum atomic E-state index is -0.129. The number of hydrogen-bond donors (Lipinski definition) is 0. The Morgan fingerprint density at radius 3 is 2.07 bits per heavy atom. The Morgan fingerprint density at radius 1 is 0.509 bits per heavy atom. The number of benzene rings is 8. The van der Waals surface area contributed by atoms with Gasteiger partial charge in [0.1, 0.15) is 0 Å². The highest BCUT2D eigenvalue weighted by molar-refractivity contribution is 5.96. The Balaban J connectivity index is 1.13. The molecule has 8 aromatic carbocycles. The van der Waals surface area contributed by atoms with Crippen molar-refractivity contribution in [2.24, 2.45) is 0 Å². The highest BCUT2D eigenvalue weighted by Crippen LogP contribution is 2.51. The third kappa shape index (κ3) is 5.39. The van der Waals surface area contributed by atoms with E-state index in [9.17, 15) is 0 Å². The highest BCUT2D eigenvalue weighted by Gasteiger charge is 2.36. The van der Waals surface area contributed by atoms with Crippen molar-refractivity contribution in [3.05, 3.63) is 210 Å². The molecule has 0 unspecified atom stereocenters. The van der Waals surface area contributed by atoms with Crippen LogP contribution in [0.25, 0.3) is 66.8 Å². The topological polar surface area (TPSA) is 8.17 Å². The van der Waals surface area contributed by atoms with Crippen molar-refractivity contribution in [3.63, 3.8) is 0 Å². The van der Waals surface area contributed by atoms with Crippen molar-refractivity contribution in [1.82, 2.24) is 4.57 Å². The molecule has 9 aromatic rings. The predicted molar refractivity (Wildman–Crippen MR) is 241 cm³/mol. The second-order valence-corrected chi connectivity index (χ2v) is 16.1. The molecule has 2 aliphatic carbocycles. The van der Waals surface area contributed by atoms with Gasteiger partial charge in [-0.3, -0.25) is 0 Å². The molecular formula is C55H42N2. The van der Waals surface area contributed by atoms with Crippen molar-refractivity contribution in [2.75, 3.05) is 4.90 Å². The summed E-state index contributed by atoms with van der Waals surface area (Å²) in [5.74, 6) is 0. The molecule has 0 spiro atoms. The van der Waals surface area contributed by atoms with Crippen molar-refractivity contribution in [2.45, 2.75) is 32.1 Å².